The Balaban J connectivity index is 2.30. The van der Waals surface area contributed by atoms with E-state index in [1.54, 1.807) is 25.4 Å². The van der Waals surface area contributed by atoms with Crippen LogP contribution in [0, 0.1) is 0 Å². The molecule has 0 aliphatic carbocycles. The molecule has 2 N–H and O–H groups in total. The first-order valence-corrected chi connectivity index (χ1v) is 6.52. The third-order valence-corrected chi connectivity index (χ3v) is 3.29. The van der Waals surface area contributed by atoms with Gasteiger partial charge in [-0.05, 0) is 17.7 Å². The van der Waals surface area contributed by atoms with Gasteiger partial charge in [0.15, 0.2) is 0 Å². The van der Waals surface area contributed by atoms with Crippen molar-refractivity contribution in [3.63, 3.8) is 0 Å². The van der Waals surface area contributed by atoms with Gasteiger partial charge in [-0.25, -0.2) is 18.6 Å². The van der Waals surface area contributed by atoms with E-state index >= 15 is 0 Å². The summed E-state index contributed by atoms with van der Waals surface area (Å²) in [5.41, 5.74) is 0.684. The number of methoxy groups -OCH3 is 1. The Hall–Kier alpha value is -1.96. The Morgan fingerprint density at radius 1 is 1.62 bits per heavy atom. The standard InChI is InChI=1S/C13H18F2N4O2/c1-16-11-5-9(3-4-17-11)10(6-21-2)19-8-13(14,15)7-18-12(19)20/h3-5,10H,6-8H2,1-2H3,(H,16,17)(H,18,20). The number of amides is 2. The molecule has 2 rings (SSSR count). The molecule has 116 valence electrons. The lowest BCUT2D eigenvalue weighted by molar-refractivity contribution is -0.0509. The molecule has 0 bridgehead atoms. The van der Waals surface area contributed by atoms with Crippen molar-refractivity contribution < 1.29 is 18.3 Å². The van der Waals surface area contributed by atoms with Crippen molar-refractivity contribution in [3.8, 4) is 0 Å². The van der Waals surface area contributed by atoms with Gasteiger partial charge in [0.25, 0.3) is 5.92 Å². The van der Waals surface area contributed by atoms with Crippen LogP contribution in [0.15, 0.2) is 18.3 Å². The van der Waals surface area contributed by atoms with E-state index < -0.39 is 31.1 Å². The van der Waals surface area contributed by atoms with Gasteiger partial charge in [0.05, 0.1) is 25.7 Å². The summed E-state index contributed by atoms with van der Waals surface area (Å²) in [6.07, 6.45) is 1.56. The number of urea groups is 1. The van der Waals surface area contributed by atoms with Crippen molar-refractivity contribution in [2.24, 2.45) is 0 Å². The predicted molar refractivity (Wildman–Crippen MR) is 73.5 cm³/mol. The topological polar surface area (TPSA) is 66.5 Å². The molecule has 0 spiro atoms. The van der Waals surface area contributed by atoms with Crippen molar-refractivity contribution in [2.75, 3.05) is 39.2 Å². The summed E-state index contributed by atoms with van der Waals surface area (Å²) in [5.74, 6) is -2.36. The van der Waals surface area contributed by atoms with E-state index in [-0.39, 0.29) is 6.61 Å². The monoisotopic (exact) mass is 300 g/mol. The zero-order valence-corrected chi connectivity index (χ0v) is 11.9. The van der Waals surface area contributed by atoms with Gasteiger partial charge in [-0.3, -0.25) is 0 Å². The molecule has 21 heavy (non-hydrogen) atoms. The van der Waals surface area contributed by atoms with Gasteiger partial charge in [-0.1, -0.05) is 0 Å². The third-order valence-electron chi connectivity index (χ3n) is 3.29. The molecule has 2 heterocycles. The SMILES string of the molecule is CNc1cc(C(COC)N2CC(F)(F)CNC2=O)ccn1. The Morgan fingerprint density at radius 2 is 2.38 bits per heavy atom. The second kappa shape index (κ2) is 6.21. The van der Waals surface area contributed by atoms with Crippen LogP contribution >= 0.6 is 0 Å². The molecule has 1 aliphatic rings. The zero-order chi connectivity index (χ0) is 15.5. The molecule has 1 unspecified atom stereocenters. The van der Waals surface area contributed by atoms with Gasteiger partial charge in [0.1, 0.15) is 5.82 Å². The van der Waals surface area contributed by atoms with Crippen LogP contribution < -0.4 is 10.6 Å². The maximum atomic E-state index is 13.6. The first kappa shape index (κ1) is 15.4. The highest BCUT2D eigenvalue weighted by atomic mass is 19.3. The maximum absolute atomic E-state index is 13.6. The van der Waals surface area contributed by atoms with Crippen LogP contribution in [0.3, 0.4) is 0 Å². The fourth-order valence-corrected chi connectivity index (χ4v) is 2.25. The first-order valence-electron chi connectivity index (χ1n) is 6.52. The lowest BCUT2D eigenvalue weighted by Crippen LogP contribution is -2.58. The van der Waals surface area contributed by atoms with E-state index in [1.165, 1.54) is 7.11 Å². The number of nitrogens with one attached hydrogen (secondary N) is 2. The van der Waals surface area contributed by atoms with Crippen LogP contribution in [-0.4, -0.2) is 55.7 Å². The van der Waals surface area contributed by atoms with Crippen LogP contribution in [0.5, 0.6) is 0 Å². The molecule has 1 atom stereocenters. The highest BCUT2D eigenvalue weighted by Crippen LogP contribution is 2.28. The predicted octanol–water partition coefficient (Wildman–Crippen LogP) is 1.47. The smallest absolute Gasteiger partial charge is 0.318 e. The van der Waals surface area contributed by atoms with Gasteiger partial charge < -0.3 is 20.3 Å². The quantitative estimate of drug-likeness (QED) is 0.864. The average molecular weight is 300 g/mol. The molecule has 1 aromatic heterocycles. The lowest BCUT2D eigenvalue weighted by atomic mass is 10.1. The molecular weight excluding hydrogens is 282 g/mol. The maximum Gasteiger partial charge on any atom is 0.318 e. The molecule has 2 amide bonds. The second-order valence-electron chi connectivity index (χ2n) is 4.84. The summed E-state index contributed by atoms with van der Waals surface area (Å²) in [5, 5.41) is 5.09. The molecule has 8 heteroatoms. The highest BCUT2D eigenvalue weighted by Gasteiger charge is 2.42. The number of hydrogen-bond acceptors (Lipinski definition) is 4. The summed E-state index contributed by atoms with van der Waals surface area (Å²) in [6.45, 7) is -1.15. The summed E-state index contributed by atoms with van der Waals surface area (Å²) >= 11 is 0. The Labute approximate surface area is 121 Å². The van der Waals surface area contributed by atoms with E-state index in [2.05, 4.69) is 15.6 Å². The Morgan fingerprint density at radius 3 is 3.05 bits per heavy atom. The second-order valence-corrected chi connectivity index (χ2v) is 4.84. The molecule has 1 fully saturated rings. The molecular formula is C13H18F2N4O2. The summed E-state index contributed by atoms with van der Waals surface area (Å²) < 4.78 is 32.2. The minimum Gasteiger partial charge on any atom is -0.382 e. The lowest BCUT2D eigenvalue weighted by Gasteiger charge is -2.38. The van der Waals surface area contributed by atoms with E-state index in [1.807, 2.05) is 0 Å². The van der Waals surface area contributed by atoms with Crippen molar-refractivity contribution >= 4 is 11.8 Å². The number of rotatable bonds is 5. The van der Waals surface area contributed by atoms with Gasteiger partial charge in [0.2, 0.25) is 0 Å². The molecule has 1 aliphatic heterocycles. The fraction of sp³-hybridized carbons (Fsp3) is 0.538. The molecule has 1 saturated heterocycles. The number of pyridine rings is 1. The van der Waals surface area contributed by atoms with Crippen molar-refractivity contribution in [3.05, 3.63) is 23.9 Å². The van der Waals surface area contributed by atoms with Crippen molar-refractivity contribution in [2.45, 2.75) is 12.0 Å². The van der Waals surface area contributed by atoms with Gasteiger partial charge in [-0.2, -0.15) is 0 Å². The molecule has 6 nitrogen and oxygen atoms in total. The molecule has 0 radical (unpaired) electrons. The summed E-state index contributed by atoms with van der Waals surface area (Å²) in [4.78, 5) is 17.1. The van der Waals surface area contributed by atoms with Crippen LogP contribution in [0.25, 0.3) is 0 Å². The number of alkyl halides is 2. The van der Waals surface area contributed by atoms with E-state index in [4.69, 9.17) is 4.74 Å². The first-order chi connectivity index (χ1) is 9.96. The number of carbonyl (C=O) groups excluding carboxylic acids is 1. The average Bonchev–Trinajstić information content (AvgIpc) is 2.47. The molecule has 1 aromatic rings. The Bertz CT molecular complexity index is 513. The normalized spacial score (nSPS) is 19.0. The number of nitrogens with zero attached hydrogens (tertiary/aromatic N) is 2. The van der Waals surface area contributed by atoms with Crippen molar-refractivity contribution in [1.29, 1.82) is 0 Å². The van der Waals surface area contributed by atoms with Crippen LogP contribution in [0.1, 0.15) is 11.6 Å². The third kappa shape index (κ3) is 3.57. The Kier molecular flexibility index (Phi) is 4.56. The minimum absolute atomic E-state index is 0.122. The number of carbonyl (C=O) groups is 1. The number of hydrogen-bond donors (Lipinski definition) is 2. The fourth-order valence-electron chi connectivity index (χ4n) is 2.25. The van der Waals surface area contributed by atoms with E-state index in [0.717, 1.165) is 4.90 Å². The van der Waals surface area contributed by atoms with Crippen LogP contribution in [0.2, 0.25) is 0 Å². The van der Waals surface area contributed by atoms with Gasteiger partial charge >= 0.3 is 6.03 Å². The molecule has 0 aromatic carbocycles. The largest absolute Gasteiger partial charge is 0.382 e. The molecule has 0 saturated carbocycles. The van der Waals surface area contributed by atoms with Crippen LogP contribution in [0.4, 0.5) is 19.4 Å². The van der Waals surface area contributed by atoms with Gasteiger partial charge in [0, 0.05) is 20.4 Å². The summed E-state index contributed by atoms with van der Waals surface area (Å²) in [6, 6.07) is 2.27. The zero-order valence-electron chi connectivity index (χ0n) is 11.9. The number of aromatic nitrogens is 1. The van der Waals surface area contributed by atoms with Gasteiger partial charge in [-0.15, -0.1) is 0 Å². The summed E-state index contributed by atoms with van der Waals surface area (Å²) in [7, 11) is 3.17. The number of halogens is 2. The van der Waals surface area contributed by atoms with Crippen molar-refractivity contribution in [1.82, 2.24) is 15.2 Å². The van der Waals surface area contributed by atoms with E-state index in [0.29, 0.717) is 11.4 Å². The highest BCUT2D eigenvalue weighted by molar-refractivity contribution is 5.76. The van der Waals surface area contributed by atoms with E-state index in [9.17, 15) is 13.6 Å². The van der Waals surface area contributed by atoms with Crippen LogP contribution in [-0.2, 0) is 4.74 Å². The number of anilines is 1. The minimum atomic E-state index is -2.96. The number of ether oxygens (including phenoxy) is 1.